The third kappa shape index (κ3) is 6.00. The van der Waals surface area contributed by atoms with Gasteiger partial charge in [0.1, 0.15) is 5.76 Å². The van der Waals surface area contributed by atoms with Crippen LogP contribution in [-0.4, -0.2) is 39.9 Å². The molecule has 38 heavy (non-hydrogen) atoms. The maximum Gasteiger partial charge on any atom is 0.295 e. The minimum absolute atomic E-state index is 0.00265. The predicted molar refractivity (Wildman–Crippen MR) is 146 cm³/mol. The number of carbonyl (C=O) groups excluding carboxylic acids is 2. The van der Waals surface area contributed by atoms with Crippen molar-refractivity contribution in [2.24, 2.45) is 5.92 Å². The summed E-state index contributed by atoms with van der Waals surface area (Å²) in [7, 11) is 0. The molecule has 0 radical (unpaired) electrons. The van der Waals surface area contributed by atoms with Crippen LogP contribution in [0.25, 0.3) is 5.76 Å². The number of ether oxygens (including phenoxy) is 2. The van der Waals surface area contributed by atoms with Crippen molar-refractivity contribution < 1.29 is 24.2 Å². The Morgan fingerprint density at radius 2 is 1.84 bits per heavy atom. The molecule has 3 aromatic rings. The van der Waals surface area contributed by atoms with Gasteiger partial charge >= 0.3 is 0 Å². The number of Topliss-reactive ketones (excluding diaryl/α,β-unsaturated/α-hetero) is 1. The molecule has 1 atom stereocenters. The molecule has 8 heteroatoms. The Morgan fingerprint density at radius 3 is 2.50 bits per heavy atom. The Morgan fingerprint density at radius 1 is 1.08 bits per heavy atom. The lowest BCUT2D eigenvalue weighted by atomic mass is 9.95. The van der Waals surface area contributed by atoms with Crippen molar-refractivity contribution in [3.8, 4) is 11.5 Å². The first-order valence-electron chi connectivity index (χ1n) is 12.6. The van der Waals surface area contributed by atoms with Gasteiger partial charge < -0.3 is 19.5 Å². The van der Waals surface area contributed by atoms with E-state index in [4.69, 9.17) is 21.1 Å². The predicted octanol–water partition coefficient (Wildman–Crippen LogP) is 6.18. The number of carbonyl (C=O) groups is 2. The van der Waals surface area contributed by atoms with Crippen LogP contribution in [0.4, 0.5) is 0 Å². The fourth-order valence-corrected chi connectivity index (χ4v) is 4.45. The summed E-state index contributed by atoms with van der Waals surface area (Å²) in [6.45, 7) is 7.21. The maximum atomic E-state index is 13.3. The van der Waals surface area contributed by atoms with E-state index in [1.165, 1.54) is 4.90 Å². The molecule has 0 spiro atoms. The molecule has 2 aromatic carbocycles. The number of likely N-dealkylation sites (tertiary alicyclic amines) is 1. The van der Waals surface area contributed by atoms with E-state index < -0.39 is 17.7 Å². The van der Waals surface area contributed by atoms with Gasteiger partial charge in [0.15, 0.2) is 11.5 Å². The molecule has 1 N–H and O–H groups in total. The molecule has 1 amide bonds. The highest BCUT2D eigenvalue weighted by Crippen LogP contribution is 2.43. The summed E-state index contributed by atoms with van der Waals surface area (Å²) in [4.78, 5) is 32.2. The Labute approximate surface area is 227 Å². The monoisotopic (exact) mass is 534 g/mol. The minimum atomic E-state index is -0.852. The first-order valence-corrected chi connectivity index (χ1v) is 13.0. The van der Waals surface area contributed by atoms with Gasteiger partial charge in [-0.3, -0.25) is 14.6 Å². The number of aliphatic hydroxyl groups is 1. The summed E-state index contributed by atoms with van der Waals surface area (Å²) in [6, 6.07) is 14.6. The van der Waals surface area contributed by atoms with Crippen LogP contribution in [0.1, 0.15) is 49.9 Å². The first kappa shape index (κ1) is 27.2. The van der Waals surface area contributed by atoms with Crippen LogP contribution < -0.4 is 9.47 Å². The molecule has 1 aromatic heterocycles. The van der Waals surface area contributed by atoms with Gasteiger partial charge in [-0.2, -0.15) is 0 Å². The fraction of sp³-hybridized carbons (Fsp3) is 0.300. The molecule has 4 rings (SSSR count). The number of aromatic nitrogens is 1. The second-order valence-electron chi connectivity index (χ2n) is 9.47. The van der Waals surface area contributed by atoms with E-state index in [2.05, 4.69) is 18.8 Å². The Balaban J connectivity index is 1.81. The second kappa shape index (κ2) is 12.1. The number of hydrogen-bond donors (Lipinski definition) is 1. The van der Waals surface area contributed by atoms with Crippen molar-refractivity contribution in [2.45, 2.75) is 39.8 Å². The summed E-state index contributed by atoms with van der Waals surface area (Å²) >= 11 is 6.02. The molecule has 1 aliphatic heterocycles. The maximum absolute atomic E-state index is 13.3. The van der Waals surface area contributed by atoms with Gasteiger partial charge in [-0.1, -0.05) is 37.6 Å². The van der Waals surface area contributed by atoms with Crippen molar-refractivity contribution in [3.63, 3.8) is 0 Å². The highest BCUT2D eigenvalue weighted by molar-refractivity contribution is 6.46. The van der Waals surface area contributed by atoms with Gasteiger partial charge in [-0.05, 0) is 72.9 Å². The Hall–Kier alpha value is -3.84. The average Bonchev–Trinajstić information content (AvgIpc) is 3.15. The molecule has 0 saturated carbocycles. The number of benzene rings is 2. The summed E-state index contributed by atoms with van der Waals surface area (Å²) in [6.07, 6.45) is 4.18. The van der Waals surface area contributed by atoms with Crippen molar-refractivity contribution in [1.82, 2.24) is 9.88 Å². The van der Waals surface area contributed by atoms with Gasteiger partial charge in [-0.25, -0.2) is 0 Å². The molecule has 0 aliphatic carbocycles. The van der Waals surface area contributed by atoms with Gasteiger partial charge in [-0.15, -0.1) is 0 Å². The zero-order valence-corrected chi connectivity index (χ0v) is 22.4. The summed E-state index contributed by atoms with van der Waals surface area (Å²) in [5, 5.41) is 11.8. The van der Waals surface area contributed by atoms with E-state index in [-0.39, 0.29) is 17.9 Å². The molecule has 1 saturated heterocycles. The zero-order valence-electron chi connectivity index (χ0n) is 21.7. The minimum Gasteiger partial charge on any atom is -0.507 e. The number of pyridine rings is 1. The van der Waals surface area contributed by atoms with Gasteiger partial charge in [0.05, 0.1) is 24.8 Å². The standard InChI is InChI=1S/C30H31ClN2O5/c1-4-37-25-16-22(9-12-24(25)38-15-13-19(2)3)27-26(28(34)21-7-10-23(31)11-8-21)29(35)30(36)33(27)18-20-6-5-14-32-17-20/h5-12,14,16-17,19,27,34H,4,13,15,18H2,1-3H3/b28-26+. The number of nitrogens with zero attached hydrogens (tertiary/aromatic N) is 2. The molecular weight excluding hydrogens is 504 g/mol. The highest BCUT2D eigenvalue weighted by atomic mass is 35.5. The lowest BCUT2D eigenvalue weighted by Gasteiger charge is -2.26. The third-order valence-electron chi connectivity index (χ3n) is 6.27. The molecule has 1 fully saturated rings. The van der Waals surface area contributed by atoms with E-state index in [1.807, 2.05) is 13.0 Å². The van der Waals surface area contributed by atoms with E-state index in [9.17, 15) is 14.7 Å². The van der Waals surface area contributed by atoms with Gasteiger partial charge in [0.2, 0.25) is 0 Å². The molecule has 198 valence electrons. The summed E-state index contributed by atoms with van der Waals surface area (Å²) < 4.78 is 11.9. The molecule has 7 nitrogen and oxygen atoms in total. The van der Waals surface area contributed by atoms with E-state index >= 15 is 0 Å². The first-order chi connectivity index (χ1) is 18.3. The number of rotatable bonds is 10. The largest absolute Gasteiger partial charge is 0.507 e. The van der Waals surface area contributed by atoms with E-state index in [1.54, 1.807) is 60.9 Å². The van der Waals surface area contributed by atoms with Crippen LogP contribution >= 0.6 is 11.6 Å². The topological polar surface area (TPSA) is 89.0 Å². The number of halogens is 1. The molecule has 1 unspecified atom stereocenters. The molecule has 0 bridgehead atoms. The number of amides is 1. The number of hydrogen-bond acceptors (Lipinski definition) is 6. The van der Waals surface area contributed by atoms with Crippen LogP contribution in [0, 0.1) is 5.92 Å². The van der Waals surface area contributed by atoms with Gasteiger partial charge in [0.25, 0.3) is 11.7 Å². The molecule has 1 aliphatic rings. The van der Waals surface area contributed by atoms with Crippen LogP contribution in [0.5, 0.6) is 11.5 Å². The van der Waals surface area contributed by atoms with Crippen LogP contribution in [0.2, 0.25) is 5.02 Å². The summed E-state index contributed by atoms with van der Waals surface area (Å²) in [5.74, 6) is -0.157. The quantitative estimate of drug-likeness (QED) is 0.190. The van der Waals surface area contributed by atoms with E-state index in [0.29, 0.717) is 46.8 Å². The number of aliphatic hydroxyl groups excluding tert-OH is 1. The number of ketones is 1. The van der Waals surface area contributed by atoms with Crippen molar-refractivity contribution in [2.75, 3.05) is 13.2 Å². The normalized spacial score (nSPS) is 16.8. The Bertz CT molecular complexity index is 1320. The van der Waals surface area contributed by atoms with Crippen LogP contribution in [-0.2, 0) is 16.1 Å². The second-order valence-corrected chi connectivity index (χ2v) is 9.90. The lowest BCUT2D eigenvalue weighted by Crippen LogP contribution is -2.29. The fourth-order valence-electron chi connectivity index (χ4n) is 4.33. The van der Waals surface area contributed by atoms with E-state index in [0.717, 1.165) is 12.0 Å². The molecule has 2 heterocycles. The van der Waals surface area contributed by atoms with Crippen molar-refractivity contribution >= 4 is 29.1 Å². The average molecular weight is 535 g/mol. The summed E-state index contributed by atoms with van der Waals surface area (Å²) in [5.41, 5.74) is 1.75. The Kier molecular flexibility index (Phi) is 8.69. The lowest BCUT2D eigenvalue weighted by molar-refractivity contribution is -0.140. The molecular formula is C30H31ClN2O5. The van der Waals surface area contributed by atoms with Crippen molar-refractivity contribution in [3.05, 3.63) is 94.3 Å². The van der Waals surface area contributed by atoms with Gasteiger partial charge in [0, 0.05) is 29.5 Å². The van der Waals surface area contributed by atoms with Crippen LogP contribution in [0.15, 0.2) is 72.6 Å². The SMILES string of the molecule is CCOc1cc(C2/C(=C(\O)c3ccc(Cl)cc3)C(=O)C(=O)N2Cc2cccnc2)ccc1OCCC(C)C. The smallest absolute Gasteiger partial charge is 0.295 e. The van der Waals surface area contributed by atoms with Crippen molar-refractivity contribution in [1.29, 1.82) is 0 Å². The third-order valence-corrected chi connectivity index (χ3v) is 6.52. The van der Waals surface area contributed by atoms with Crippen LogP contribution in [0.3, 0.4) is 0 Å². The highest BCUT2D eigenvalue weighted by Gasteiger charge is 2.46. The zero-order chi connectivity index (χ0) is 27.2.